The third kappa shape index (κ3) is 2.10. The first-order valence-electron chi connectivity index (χ1n) is 4.99. The van der Waals surface area contributed by atoms with E-state index in [4.69, 9.17) is 10.5 Å². The van der Waals surface area contributed by atoms with Gasteiger partial charge in [-0.2, -0.15) is 0 Å². The van der Waals surface area contributed by atoms with Gasteiger partial charge in [-0.3, -0.25) is 4.68 Å². The average molecular weight is 196 g/mol. The molecule has 1 fully saturated rings. The summed E-state index contributed by atoms with van der Waals surface area (Å²) in [6, 6.07) is -0.0384. The molecule has 2 atom stereocenters. The van der Waals surface area contributed by atoms with Gasteiger partial charge in [-0.05, 0) is 13.3 Å². The van der Waals surface area contributed by atoms with Gasteiger partial charge in [-0.25, -0.2) is 0 Å². The molecule has 0 aliphatic carbocycles. The zero-order valence-corrected chi connectivity index (χ0v) is 8.39. The van der Waals surface area contributed by atoms with Crippen molar-refractivity contribution in [2.45, 2.75) is 25.9 Å². The summed E-state index contributed by atoms with van der Waals surface area (Å²) in [5.74, 6) is 0.581. The summed E-state index contributed by atoms with van der Waals surface area (Å²) in [6.07, 6.45) is 3.04. The first-order chi connectivity index (χ1) is 6.75. The molecule has 1 aromatic rings. The molecule has 0 saturated carbocycles. The Morgan fingerprint density at radius 2 is 2.64 bits per heavy atom. The van der Waals surface area contributed by atoms with Crippen LogP contribution in [0.15, 0.2) is 6.20 Å². The maximum Gasteiger partial charge on any atom is 0.0991 e. The van der Waals surface area contributed by atoms with Crippen molar-refractivity contribution in [2.75, 3.05) is 13.2 Å². The van der Waals surface area contributed by atoms with E-state index in [1.165, 1.54) is 0 Å². The van der Waals surface area contributed by atoms with E-state index in [0.717, 1.165) is 31.9 Å². The Balaban J connectivity index is 1.95. The normalized spacial score (nSPS) is 24.0. The van der Waals surface area contributed by atoms with Gasteiger partial charge in [0, 0.05) is 25.1 Å². The molecule has 0 aromatic carbocycles. The number of hydrogen-bond acceptors (Lipinski definition) is 4. The van der Waals surface area contributed by atoms with Crippen molar-refractivity contribution in [3.8, 4) is 0 Å². The van der Waals surface area contributed by atoms with Crippen molar-refractivity contribution >= 4 is 0 Å². The fourth-order valence-electron chi connectivity index (χ4n) is 1.60. The number of aromatic nitrogens is 3. The quantitative estimate of drug-likeness (QED) is 0.756. The zero-order chi connectivity index (χ0) is 9.97. The third-order valence-corrected chi connectivity index (χ3v) is 2.49. The summed E-state index contributed by atoms with van der Waals surface area (Å²) in [5, 5.41) is 8.04. The summed E-state index contributed by atoms with van der Waals surface area (Å²) in [4.78, 5) is 0. The second-order valence-electron chi connectivity index (χ2n) is 3.88. The van der Waals surface area contributed by atoms with Gasteiger partial charge in [0.15, 0.2) is 0 Å². The van der Waals surface area contributed by atoms with E-state index in [0.29, 0.717) is 5.92 Å². The number of hydrogen-bond donors (Lipinski definition) is 1. The van der Waals surface area contributed by atoms with E-state index in [2.05, 4.69) is 10.3 Å². The third-order valence-electron chi connectivity index (χ3n) is 2.49. The minimum absolute atomic E-state index is 0.0384. The number of nitrogens with zero attached hydrogens (tertiary/aromatic N) is 3. The lowest BCUT2D eigenvalue weighted by Gasteiger charge is -2.05. The van der Waals surface area contributed by atoms with Gasteiger partial charge >= 0.3 is 0 Å². The van der Waals surface area contributed by atoms with Gasteiger partial charge in [-0.15, -0.1) is 5.10 Å². The molecule has 0 radical (unpaired) electrons. The van der Waals surface area contributed by atoms with Crippen molar-refractivity contribution in [3.05, 3.63) is 11.9 Å². The van der Waals surface area contributed by atoms with Crippen LogP contribution in [0, 0.1) is 5.92 Å². The first-order valence-corrected chi connectivity index (χ1v) is 4.99. The Morgan fingerprint density at radius 1 is 1.79 bits per heavy atom. The molecule has 2 N–H and O–H groups in total. The van der Waals surface area contributed by atoms with Gasteiger partial charge in [0.05, 0.1) is 18.5 Å². The van der Waals surface area contributed by atoms with Crippen LogP contribution in [-0.2, 0) is 11.3 Å². The number of rotatable bonds is 3. The van der Waals surface area contributed by atoms with Crippen LogP contribution in [0.3, 0.4) is 0 Å². The Labute approximate surface area is 83.2 Å². The van der Waals surface area contributed by atoms with Crippen molar-refractivity contribution in [1.29, 1.82) is 0 Å². The number of nitrogens with two attached hydrogens (primary N) is 1. The summed E-state index contributed by atoms with van der Waals surface area (Å²) in [5.41, 5.74) is 6.55. The van der Waals surface area contributed by atoms with Crippen LogP contribution in [0.1, 0.15) is 25.1 Å². The van der Waals surface area contributed by atoms with Crippen LogP contribution in [0.5, 0.6) is 0 Å². The van der Waals surface area contributed by atoms with E-state index in [-0.39, 0.29) is 6.04 Å². The van der Waals surface area contributed by atoms with Crippen molar-refractivity contribution < 1.29 is 4.74 Å². The fourth-order valence-corrected chi connectivity index (χ4v) is 1.60. The average Bonchev–Trinajstić information content (AvgIpc) is 2.75. The van der Waals surface area contributed by atoms with Gasteiger partial charge in [0.2, 0.25) is 0 Å². The van der Waals surface area contributed by atoms with Crippen LogP contribution in [0.2, 0.25) is 0 Å². The van der Waals surface area contributed by atoms with Crippen molar-refractivity contribution in [3.63, 3.8) is 0 Å². The van der Waals surface area contributed by atoms with Crippen LogP contribution in [-0.4, -0.2) is 28.2 Å². The Bertz CT molecular complexity index is 291. The molecule has 1 aliphatic heterocycles. The Hall–Kier alpha value is -0.940. The van der Waals surface area contributed by atoms with E-state index < -0.39 is 0 Å². The minimum Gasteiger partial charge on any atom is -0.381 e. The molecule has 5 nitrogen and oxygen atoms in total. The van der Waals surface area contributed by atoms with Gasteiger partial charge in [0.1, 0.15) is 0 Å². The van der Waals surface area contributed by atoms with Crippen LogP contribution in [0.25, 0.3) is 0 Å². The molecule has 1 aromatic heterocycles. The maximum atomic E-state index is 5.69. The topological polar surface area (TPSA) is 66.0 Å². The summed E-state index contributed by atoms with van der Waals surface area (Å²) >= 11 is 0. The highest BCUT2D eigenvalue weighted by Crippen LogP contribution is 2.14. The Morgan fingerprint density at radius 3 is 3.21 bits per heavy atom. The molecule has 2 heterocycles. The lowest BCUT2D eigenvalue weighted by atomic mass is 10.1. The van der Waals surface area contributed by atoms with Crippen LogP contribution < -0.4 is 5.73 Å². The summed E-state index contributed by atoms with van der Waals surface area (Å²) < 4.78 is 7.16. The molecule has 0 amide bonds. The predicted molar refractivity (Wildman–Crippen MR) is 51.6 cm³/mol. The molecule has 0 spiro atoms. The second kappa shape index (κ2) is 4.06. The lowest BCUT2D eigenvalue weighted by molar-refractivity contribution is 0.181. The molecule has 2 rings (SSSR count). The van der Waals surface area contributed by atoms with Crippen molar-refractivity contribution in [2.24, 2.45) is 11.7 Å². The van der Waals surface area contributed by atoms with Gasteiger partial charge in [-0.1, -0.05) is 5.21 Å². The Kier molecular flexibility index (Phi) is 2.79. The summed E-state index contributed by atoms with van der Waals surface area (Å²) in [7, 11) is 0. The van der Waals surface area contributed by atoms with E-state index >= 15 is 0 Å². The van der Waals surface area contributed by atoms with Gasteiger partial charge < -0.3 is 10.5 Å². The molecule has 1 saturated heterocycles. The predicted octanol–water partition coefficient (Wildman–Crippen LogP) is 0.334. The molecular formula is C9H16N4O. The molecule has 1 aliphatic rings. The zero-order valence-electron chi connectivity index (χ0n) is 8.39. The van der Waals surface area contributed by atoms with E-state index in [1.807, 2.05) is 17.8 Å². The fraction of sp³-hybridized carbons (Fsp3) is 0.778. The molecule has 5 heteroatoms. The highest BCUT2D eigenvalue weighted by Gasteiger charge is 2.17. The van der Waals surface area contributed by atoms with E-state index in [9.17, 15) is 0 Å². The van der Waals surface area contributed by atoms with Gasteiger partial charge in [0.25, 0.3) is 0 Å². The molecule has 0 bridgehead atoms. The smallest absolute Gasteiger partial charge is 0.0991 e. The minimum atomic E-state index is -0.0384. The maximum absolute atomic E-state index is 5.69. The highest BCUT2D eigenvalue weighted by molar-refractivity contribution is 4.97. The first kappa shape index (κ1) is 9.61. The molecule has 78 valence electrons. The summed E-state index contributed by atoms with van der Waals surface area (Å²) in [6.45, 7) is 4.51. The second-order valence-corrected chi connectivity index (χ2v) is 3.88. The standard InChI is InChI=1S/C9H16N4O/c1-7(10)9-5-13(12-11-9)4-8-2-3-14-6-8/h5,7-8H,2-4,6,10H2,1H3/t7-,8?/m0/s1. The lowest BCUT2D eigenvalue weighted by Crippen LogP contribution is -2.11. The SMILES string of the molecule is C[C@H](N)c1cn(CC2CCOC2)nn1. The highest BCUT2D eigenvalue weighted by atomic mass is 16.5. The van der Waals surface area contributed by atoms with E-state index in [1.54, 1.807) is 0 Å². The van der Waals surface area contributed by atoms with Crippen LogP contribution in [0.4, 0.5) is 0 Å². The van der Waals surface area contributed by atoms with Crippen LogP contribution >= 0.6 is 0 Å². The largest absolute Gasteiger partial charge is 0.381 e. The monoisotopic (exact) mass is 196 g/mol. The van der Waals surface area contributed by atoms with Crippen molar-refractivity contribution in [1.82, 2.24) is 15.0 Å². The number of ether oxygens (including phenoxy) is 1. The molecule has 14 heavy (non-hydrogen) atoms. The molecular weight excluding hydrogens is 180 g/mol. The molecule has 1 unspecified atom stereocenters.